The van der Waals surface area contributed by atoms with Gasteiger partial charge in [-0.1, -0.05) is 65.1 Å². The van der Waals surface area contributed by atoms with Gasteiger partial charge in [0, 0.05) is 20.6 Å². The number of methoxy groups -OCH3 is 1. The van der Waals surface area contributed by atoms with Gasteiger partial charge >= 0.3 is 5.97 Å². The normalized spacial score (nSPS) is 15.4. The smallest absolute Gasteiger partial charge is 0.338 e. The Hall–Kier alpha value is -2.77. The van der Waals surface area contributed by atoms with Gasteiger partial charge in [-0.2, -0.15) is 0 Å². The standard InChI is InChI=1S/C25H19Cl3N2O3S/c1-32-24(31)21-22(14-5-9-16(26)10-6-14)29-25(34)30-23(21)15-7-11-17(12-8-15)33-13-18-19(27)3-2-4-20(18)28/h2-12,23H,13H2,1H3,(H2,29,30,34)/t23-/m0/s1. The molecule has 34 heavy (non-hydrogen) atoms. The molecule has 0 fully saturated rings. The van der Waals surface area contributed by atoms with Gasteiger partial charge in [-0.3, -0.25) is 0 Å². The summed E-state index contributed by atoms with van der Waals surface area (Å²) in [6.07, 6.45) is 0. The van der Waals surface area contributed by atoms with Crippen LogP contribution in [0, 0.1) is 0 Å². The highest BCUT2D eigenvalue weighted by Crippen LogP contribution is 2.33. The number of rotatable bonds is 6. The zero-order valence-corrected chi connectivity index (χ0v) is 21.0. The van der Waals surface area contributed by atoms with Crippen molar-refractivity contribution in [2.75, 3.05) is 7.11 Å². The number of hydrogen-bond acceptors (Lipinski definition) is 4. The topological polar surface area (TPSA) is 59.6 Å². The molecule has 0 spiro atoms. The predicted octanol–water partition coefficient (Wildman–Crippen LogP) is 6.33. The average molecular weight is 534 g/mol. The van der Waals surface area contributed by atoms with Crippen LogP contribution in [0.3, 0.4) is 0 Å². The van der Waals surface area contributed by atoms with Crippen molar-refractivity contribution >= 4 is 63.8 Å². The summed E-state index contributed by atoms with van der Waals surface area (Å²) in [6, 6.07) is 19.2. The maximum absolute atomic E-state index is 12.8. The van der Waals surface area contributed by atoms with Crippen molar-refractivity contribution in [1.29, 1.82) is 0 Å². The Bertz CT molecular complexity index is 1240. The van der Waals surface area contributed by atoms with Gasteiger partial charge in [0.25, 0.3) is 0 Å². The number of benzene rings is 3. The van der Waals surface area contributed by atoms with E-state index in [2.05, 4.69) is 10.6 Å². The molecule has 0 aromatic heterocycles. The highest BCUT2D eigenvalue weighted by molar-refractivity contribution is 7.80. The van der Waals surface area contributed by atoms with Gasteiger partial charge in [-0.25, -0.2) is 4.79 Å². The lowest BCUT2D eigenvalue weighted by atomic mass is 9.93. The molecule has 0 bridgehead atoms. The minimum Gasteiger partial charge on any atom is -0.489 e. The second kappa shape index (κ2) is 10.7. The maximum atomic E-state index is 12.8. The lowest BCUT2D eigenvalue weighted by Gasteiger charge is -2.31. The van der Waals surface area contributed by atoms with Crippen molar-refractivity contribution < 1.29 is 14.3 Å². The summed E-state index contributed by atoms with van der Waals surface area (Å²) in [4.78, 5) is 12.8. The maximum Gasteiger partial charge on any atom is 0.338 e. The van der Waals surface area contributed by atoms with Crippen molar-refractivity contribution in [3.63, 3.8) is 0 Å². The predicted molar refractivity (Wildman–Crippen MR) is 139 cm³/mol. The van der Waals surface area contributed by atoms with Crippen LogP contribution in [-0.4, -0.2) is 18.2 Å². The van der Waals surface area contributed by atoms with Crippen molar-refractivity contribution in [1.82, 2.24) is 10.6 Å². The van der Waals surface area contributed by atoms with E-state index in [4.69, 9.17) is 56.5 Å². The van der Waals surface area contributed by atoms with E-state index in [1.54, 1.807) is 30.3 Å². The molecule has 0 saturated carbocycles. The largest absolute Gasteiger partial charge is 0.489 e. The van der Waals surface area contributed by atoms with Gasteiger partial charge in [-0.05, 0) is 59.7 Å². The lowest BCUT2D eigenvalue weighted by molar-refractivity contribution is -0.136. The number of carbonyl (C=O) groups is 1. The van der Waals surface area contributed by atoms with E-state index in [1.165, 1.54) is 7.11 Å². The molecule has 1 heterocycles. The molecule has 4 rings (SSSR count). The van der Waals surface area contributed by atoms with Crippen molar-refractivity contribution in [2.45, 2.75) is 12.6 Å². The molecule has 0 aliphatic carbocycles. The van der Waals surface area contributed by atoms with Crippen molar-refractivity contribution in [3.05, 3.63) is 104 Å². The van der Waals surface area contributed by atoms with Crippen LogP contribution in [-0.2, 0) is 16.1 Å². The van der Waals surface area contributed by atoms with E-state index in [1.807, 2.05) is 36.4 Å². The quantitative estimate of drug-likeness (QED) is 0.285. The van der Waals surface area contributed by atoms with Crippen LogP contribution in [0.1, 0.15) is 22.7 Å². The zero-order chi connectivity index (χ0) is 24.2. The van der Waals surface area contributed by atoms with Gasteiger partial charge < -0.3 is 20.1 Å². The van der Waals surface area contributed by atoms with Crippen LogP contribution in [0.4, 0.5) is 0 Å². The highest BCUT2D eigenvalue weighted by Gasteiger charge is 2.32. The summed E-state index contributed by atoms with van der Waals surface area (Å²) in [6.45, 7) is 0.224. The van der Waals surface area contributed by atoms with Crippen LogP contribution < -0.4 is 15.4 Å². The van der Waals surface area contributed by atoms with E-state index in [9.17, 15) is 4.79 Å². The van der Waals surface area contributed by atoms with Gasteiger partial charge in [0.05, 0.1) is 24.4 Å². The molecule has 1 aliphatic heterocycles. The van der Waals surface area contributed by atoms with E-state index in [0.717, 1.165) is 11.1 Å². The molecule has 1 atom stereocenters. The number of halogens is 3. The molecule has 0 amide bonds. The van der Waals surface area contributed by atoms with Gasteiger partial charge in [-0.15, -0.1) is 0 Å². The summed E-state index contributed by atoms with van der Waals surface area (Å²) >= 11 is 23.9. The Morgan fingerprint density at radius 3 is 2.24 bits per heavy atom. The van der Waals surface area contributed by atoms with Gasteiger partial charge in [0.2, 0.25) is 0 Å². The summed E-state index contributed by atoms with van der Waals surface area (Å²) in [7, 11) is 1.34. The number of nitrogens with one attached hydrogen (secondary N) is 2. The molecule has 5 nitrogen and oxygen atoms in total. The van der Waals surface area contributed by atoms with Crippen molar-refractivity contribution in [3.8, 4) is 5.75 Å². The summed E-state index contributed by atoms with van der Waals surface area (Å²) in [5.74, 6) is 0.143. The molecular weight excluding hydrogens is 515 g/mol. The monoisotopic (exact) mass is 532 g/mol. The summed E-state index contributed by atoms with van der Waals surface area (Å²) < 4.78 is 11.0. The van der Waals surface area contributed by atoms with Crippen molar-refractivity contribution in [2.24, 2.45) is 0 Å². The second-order valence-electron chi connectivity index (χ2n) is 7.38. The van der Waals surface area contributed by atoms with Crippen LogP contribution in [0.15, 0.2) is 72.3 Å². The number of esters is 1. The molecule has 3 aromatic carbocycles. The number of carbonyl (C=O) groups excluding carboxylic acids is 1. The number of hydrogen-bond donors (Lipinski definition) is 2. The molecule has 174 valence electrons. The van der Waals surface area contributed by atoms with Crippen LogP contribution in [0.5, 0.6) is 5.75 Å². The van der Waals surface area contributed by atoms with Crippen LogP contribution >= 0.6 is 47.0 Å². The molecule has 0 radical (unpaired) electrons. The van der Waals surface area contributed by atoms with Gasteiger partial charge in [0.15, 0.2) is 5.11 Å². The highest BCUT2D eigenvalue weighted by atomic mass is 35.5. The minimum atomic E-state index is -0.529. The molecule has 0 saturated heterocycles. The molecule has 0 unspecified atom stereocenters. The van der Waals surface area contributed by atoms with Crippen LogP contribution in [0.25, 0.3) is 5.70 Å². The first-order valence-electron chi connectivity index (χ1n) is 10.2. The Balaban J connectivity index is 1.63. The first-order valence-corrected chi connectivity index (χ1v) is 11.7. The van der Waals surface area contributed by atoms with E-state index in [0.29, 0.717) is 42.8 Å². The molecule has 1 aliphatic rings. The van der Waals surface area contributed by atoms with E-state index in [-0.39, 0.29) is 6.61 Å². The SMILES string of the molecule is COC(=O)C1=C(c2ccc(Cl)cc2)NC(=S)N[C@H]1c1ccc(OCc2c(Cl)cccc2Cl)cc1. The fraction of sp³-hybridized carbons (Fsp3) is 0.120. The van der Waals surface area contributed by atoms with Crippen LogP contribution in [0.2, 0.25) is 15.1 Å². The molecule has 3 aromatic rings. The summed E-state index contributed by atoms with van der Waals surface area (Å²) in [5.41, 5.74) is 3.23. The Kier molecular flexibility index (Phi) is 7.63. The fourth-order valence-electron chi connectivity index (χ4n) is 3.57. The average Bonchev–Trinajstić information content (AvgIpc) is 2.83. The second-order valence-corrected chi connectivity index (χ2v) is 9.04. The first kappa shape index (κ1) is 24.4. The third kappa shape index (κ3) is 5.31. The Morgan fingerprint density at radius 2 is 1.62 bits per heavy atom. The van der Waals surface area contributed by atoms with E-state index >= 15 is 0 Å². The first-order chi connectivity index (χ1) is 16.4. The zero-order valence-electron chi connectivity index (χ0n) is 17.9. The fourth-order valence-corrected chi connectivity index (χ4v) is 4.42. The third-order valence-corrected chi connectivity index (χ3v) is 6.45. The Labute approximate surface area is 217 Å². The minimum absolute atomic E-state index is 0.224. The van der Waals surface area contributed by atoms with E-state index < -0.39 is 12.0 Å². The number of thiocarbonyl (C=S) groups is 1. The lowest BCUT2D eigenvalue weighted by Crippen LogP contribution is -2.45. The third-order valence-electron chi connectivity index (χ3n) is 5.27. The Morgan fingerprint density at radius 1 is 0.971 bits per heavy atom. The molecule has 9 heteroatoms. The number of ether oxygens (including phenoxy) is 2. The molecular formula is C25H19Cl3N2O3S. The summed E-state index contributed by atoms with van der Waals surface area (Å²) in [5, 5.41) is 8.30. The molecule has 2 N–H and O–H groups in total. The van der Waals surface area contributed by atoms with Gasteiger partial charge in [0.1, 0.15) is 12.4 Å².